The zero-order chi connectivity index (χ0) is 9.80. The molecule has 0 aliphatic heterocycles. The van der Waals surface area contributed by atoms with E-state index in [0.717, 1.165) is 16.9 Å². The number of aromatic nitrogens is 1. The molecule has 0 aliphatic carbocycles. The van der Waals surface area contributed by atoms with Crippen LogP contribution < -0.4 is 4.74 Å². The van der Waals surface area contributed by atoms with E-state index in [2.05, 4.69) is 5.16 Å². The van der Waals surface area contributed by atoms with Crippen LogP contribution in [0, 0.1) is 6.92 Å². The van der Waals surface area contributed by atoms with E-state index >= 15 is 0 Å². The highest BCUT2D eigenvalue weighted by Crippen LogP contribution is 2.17. The maximum absolute atomic E-state index is 5.58. The first-order valence-electron chi connectivity index (χ1n) is 4.43. The molecule has 72 valence electrons. The standard InChI is InChI=1S/C11H11NO2/c1-9-4-2-3-5-11(9)13-7-10-6-12-14-8-10/h2-6,8H,7H2,1H3. The predicted molar refractivity (Wildman–Crippen MR) is 52.0 cm³/mol. The second kappa shape index (κ2) is 3.96. The van der Waals surface area contributed by atoms with Gasteiger partial charge in [0.15, 0.2) is 0 Å². The summed E-state index contributed by atoms with van der Waals surface area (Å²) in [5.74, 6) is 0.897. The van der Waals surface area contributed by atoms with E-state index in [0.29, 0.717) is 6.61 Å². The number of hydrogen-bond acceptors (Lipinski definition) is 3. The van der Waals surface area contributed by atoms with E-state index in [9.17, 15) is 0 Å². The highest BCUT2D eigenvalue weighted by molar-refractivity contribution is 5.31. The molecule has 2 rings (SSSR count). The fraction of sp³-hybridized carbons (Fsp3) is 0.182. The van der Waals surface area contributed by atoms with Gasteiger partial charge in [0.05, 0.1) is 6.20 Å². The van der Waals surface area contributed by atoms with Crippen molar-refractivity contribution in [2.45, 2.75) is 13.5 Å². The fourth-order valence-electron chi connectivity index (χ4n) is 1.18. The van der Waals surface area contributed by atoms with Crippen LogP contribution in [0.4, 0.5) is 0 Å². The second-order valence-corrected chi connectivity index (χ2v) is 3.09. The van der Waals surface area contributed by atoms with E-state index in [1.807, 2.05) is 31.2 Å². The maximum Gasteiger partial charge on any atom is 0.130 e. The summed E-state index contributed by atoms with van der Waals surface area (Å²) in [6.45, 7) is 2.51. The number of para-hydroxylation sites is 1. The van der Waals surface area contributed by atoms with Crippen LogP contribution in [-0.4, -0.2) is 5.16 Å². The Bertz CT molecular complexity index is 395. The molecule has 1 aromatic heterocycles. The van der Waals surface area contributed by atoms with Crippen LogP contribution in [0.25, 0.3) is 0 Å². The Hall–Kier alpha value is -1.77. The van der Waals surface area contributed by atoms with Gasteiger partial charge in [-0.05, 0) is 18.6 Å². The van der Waals surface area contributed by atoms with Crippen LogP contribution in [0.1, 0.15) is 11.1 Å². The minimum atomic E-state index is 0.494. The van der Waals surface area contributed by atoms with E-state index < -0.39 is 0 Å². The molecule has 1 heterocycles. The van der Waals surface area contributed by atoms with Crippen LogP contribution in [0.15, 0.2) is 41.2 Å². The van der Waals surface area contributed by atoms with Crippen molar-refractivity contribution < 1.29 is 9.26 Å². The number of hydrogen-bond donors (Lipinski definition) is 0. The van der Waals surface area contributed by atoms with Gasteiger partial charge in [0.25, 0.3) is 0 Å². The van der Waals surface area contributed by atoms with Crippen molar-refractivity contribution in [3.8, 4) is 5.75 Å². The van der Waals surface area contributed by atoms with Gasteiger partial charge in [-0.1, -0.05) is 23.4 Å². The molecule has 1 aromatic carbocycles. The van der Waals surface area contributed by atoms with Gasteiger partial charge in [-0.15, -0.1) is 0 Å². The predicted octanol–water partition coefficient (Wildman–Crippen LogP) is 2.56. The van der Waals surface area contributed by atoms with E-state index in [4.69, 9.17) is 9.26 Å². The van der Waals surface area contributed by atoms with Gasteiger partial charge in [0.2, 0.25) is 0 Å². The van der Waals surface area contributed by atoms with Crippen LogP contribution in [0.2, 0.25) is 0 Å². The van der Waals surface area contributed by atoms with Gasteiger partial charge in [-0.3, -0.25) is 0 Å². The van der Waals surface area contributed by atoms with Gasteiger partial charge >= 0.3 is 0 Å². The Morgan fingerprint density at radius 2 is 2.21 bits per heavy atom. The first-order valence-corrected chi connectivity index (χ1v) is 4.43. The summed E-state index contributed by atoms with van der Waals surface area (Å²) in [6, 6.07) is 7.91. The Morgan fingerprint density at radius 3 is 2.93 bits per heavy atom. The second-order valence-electron chi connectivity index (χ2n) is 3.09. The highest BCUT2D eigenvalue weighted by atomic mass is 16.5. The fourth-order valence-corrected chi connectivity index (χ4v) is 1.18. The normalized spacial score (nSPS) is 10.1. The summed E-state index contributed by atoms with van der Waals surface area (Å²) in [4.78, 5) is 0. The smallest absolute Gasteiger partial charge is 0.130 e. The molecule has 0 fully saturated rings. The van der Waals surface area contributed by atoms with Crippen LogP contribution in [0.3, 0.4) is 0 Å². The molecule has 0 unspecified atom stereocenters. The SMILES string of the molecule is Cc1ccccc1OCc1cnoc1. The van der Waals surface area contributed by atoms with Crippen LogP contribution >= 0.6 is 0 Å². The summed E-state index contributed by atoms with van der Waals surface area (Å²) in [5, 5.41) is 3.60. The summed E-state index contributed by atoms with van der Waals surface area (Å²) >= 11 is 0. The van der Waals surface area contributed by atoms with E-state index in [1.165, 1.54) is 0 Å². The Kier molecular flexibility index (Phi) is 2.49. The number of ether oxygens (including phenoxy) is 1. The molecule has 0 atom stereocenters. The lowest BCUT2D eigenvalue weighted by Gasteiger charge is -2.06. The van der Waals surface area contributed by atoms with Crippen LogP contribution in [-0.2, 0) is 6.61 Å². The topological polar surface area (TPSA) is 35.3 Å². The Balaban J connectivity index is 2.02. The lowest BCUT2D eigenvalue weighted by Crippen LogP contribution is -1.95. The van der Waals surface area contributed by atoms with E-state index in [1.54, 1.807) is 12.5 Å². The van der Waals surface area contributed by atoms with Crippen molar-refractivity contribution >= 4 is 0 Å². The molecule has 0 aliphatic rings. The van der Waals surface area contributed by atoms with Crippen LogP contribution in [0.5, 0.6) is 5.75 Å². The molecule has 0 spiro atoms. The average molecular weight is 189 g/mol. The summed E-state index contributed by atoms with van der Waals surface area (Å²) < 4.78 is 10.3. The molecule has 3 nitrogen and oxygen atoms in total. The van der Waals surface area contributed by atoms with Crippen molar-refractivity contribution in [1.82, 2.24) is 5.16 Å². The quantitative estimate of drug-likeness (QED) is 0.744. The molecule has 0 saturated carbocycles. The Labute approximate surface area is 82.3 Å². The highest BCUT2D eigenvalue weighted by Gasteiger charge is 1.99. The zero-order valence-electron chi connectivity index (χ0n) is 7.93. The number of nitrogens with zero attached hydrogens (tertiary/aromatic N) is 1. The Morgan fingerprint density at radius 1 is 1.36 bits per heavy atom. The molecular weight excluding hydrogens is 178 g/mol. The zero-order valence-corrected chi connectivity index (χ0v) is 7.93. The lowest BCUT2D eigenvalue weighted by atomic mass is 10.2. The largest absolute Gasteiger partial charge is 0.488 e. The van der Waals surface area contributed by atoms with Crippen molar-refractivity contribution in [3.05, 3.63) is 47.9 Å². The first kappa shape index (κ1) is 8.81. The van der Waals surface area contributed by atoms with Crippen molar-refractivity contribution in [1.29, 1.82) is 0 Å². The molecule has 3 heteroatoms. The molecular formula is C11H11NO2. The number of aryl methyl sites for hydroxylation is 1. The third-order valence-electron chi connectivity index (χ3n) is 1.97. The van der Waals surface area contributed by atoms with Gasteiger partial charge < -0.3 is 9.26 Å². The minimum Gasteiger partial charge on any atom is -0.488 e. The molecule has 2 aromatic rings. The number of rotatable bonds is 3. The molecule has 0 amide bonds. The lowest BCUT2D eigenvalue weighted by molar-refractivity contribution is 0.302. The molecule has 0 bridgehead atoms. The first-order chi connectivity index (χ1) is 6.86. The summed E-state index contributed by atoms with van der Waals surface area (Å²) in [5.41, 5.74) is 2.07. The number of benzene rings is 1. The molecule has 14 heavy (non-hydrogen) atoms. The van der Waals surface area contributed by atoms with Crippen molar-refractivity contribution in [2.24, 2.45) is 0 Å². The van der Waals surface area contributed by atoms with Gasteiger partial charge in [0, 0.05) is 5.56 Å². The van der Waals surface area contributed by atoms with Crippen molar-refractivity contribution in [3.63, 3.8) is 0 Å². The van der Waals surface area contributed by atoms with Gasteiger partial charge in [-0.25, -0.2) is 0 Å². The van der Waals surface area contributed by atoms with Gasteiger partial charge in [-0.2, -0.15) is 0 Å². The summed E-state index contributed by atoms with van der Waals surface area (Å²) in [7, 11) is 0. The van der Waals surface area contributed by atoms with Crippen molar-refractivity contribution in [2.75, 3.05) is 0 Å². The average Bonchev–Trinajstić information content (AvgIpc) is 2.69. The molecule has 0 radical (unpaired) electrons. The monoisotopic (exact) mass is 189 g/mol. The molecule has 0 saturated heterocycles. The molecule has 0 N–H and O–H groups in total. The summed E-state index contributed by atoms with van der Waals surface area (Å²) in [6.07, 6.45) is 3.23. The maximum atomic E-state index is 5.58. The van der Waals surface area contributed by atoms with E-state index in [-0.39, 0.29) is 0 Å². The minimum absolute atomic E-state index is 0.494. The third kappa shape index (κ3) is 1.93. The third-order valence-corrected chi connectivity index (χ3v) is 1.97. The van der Waals surface area contributed by atoms with Gasteiger partial charge in [0.1, 0.15) is 18.6 Å².